The summed E-state index contributed by atoms with van der Waals surface area (Å²) in [4.78, 5) is 21.7. The van der Waals surface area contributed by atoms with E-state index < -0.39 is 12.0 Å². The summed E-state index contributed by atoms with van der Waals surface area (Å²) in [6.45, 7) is 1.91. The smallest absolute Gasteiger partial charge is 0.320 e. The zero-order chi connectivity index (χ0) is 11.8. The van der Waals surface area contributed by atoms with Crippen molar-refractivity contribution in [1.29, 1.82) is 0 Å². The van der Waals surface area contributed by atoms with Crippen LogP contribution in [-0.4, -0.2) is 41.1 Å². The number of carboxylic acids is 1. The van der Waals surface area contributed by atoms with Gasteiger partial charge in [0.25, 0.3) is 0 Å². The van der Waals surface area contributed by atoms with Crippen molar-refractivity contribution in [2.75, 3.05) is 12.0 Å². The summed E-state index contributed by atoms with van der Waals surface area (Å²) >= 11 is 1.65. The van der Waals surface area contributed by atoms with Gasteiger partial charge in [0.1, 0.15) is 6.04 Å². The first-order valence-electron chi connectivity index (χ1n) is 4.74. The van der Waals surface area contributed by atoms with Crippen molar-refractivity contribution in [3.8, 4) is 0 Å². The second-order valence-corrected chi connectivity index (χ2v) is 4.32. The van der Waals surface area contributed by atoms with Crippen molar-refractivity contribution in [3.05, 3.63) is 0 Å². The van der Waals surface area contributed by atoms with Gasteiger partial charge in [0, 0.05) is 18.2 Å². The summed E-state index contributed by atoms with van der Waals surface area (Å²) in [5, 5.41) is 11.3. The third-order valence-electron chi connectivity index (χ3n) is 1.82. The normalized spacial score (nSPS) is 14.3. The summed E-state index contributed by atoms with van der Waals surface area (Å²) < 4.78 is 0. The molecule has 0 aromatic rings. The molecule has 0 aliphatic carbocycles. The minimum Gasteiger partial charge on any atom is -0.480 e. The van der Waals surface area contributed by atoms with Gasteiger partial charge in [-0.3, -0.25) is 9.59 Å². The Morgan fingerprint density at radius 2 is 2.13 bits per heavy atom. The van der Waals surface area contributed by atoms with Gasteiger partial charge in [0.2, 0.25) is 5.91 Å². The van der Waals surface area contributed by atoms with E-state index >= 15 is 0 Å². The van der Waals surface area contributed by atoms with Crippen molar-refractivity contribution >= 4 is 23.6 Å². The Balaban J connectivity index is 3.70. The van der Waals surface area contributed by atoms with Crippen LogP contribution >= 0.6 is 11.8 Å². The molecule has 4 N–H and O–H groups in total. The second-order valence-electron chi connectivity index (χ2n) is 3.41. The molecule has 0 saturated carbocycles. The summed E-state index contributed by atoms with van der Waals surface area (Å²) in [5.41, 5.74) is 5.27. The minimum atomic E-state index is -1.07. The quantitative estimate of drug-likeness (QED) is 0.578. The SMILES string of the molecule is CSCC(C)NC(=O)CCC(N)C(=O)O. The van der Waals surface area contributed by atoms with Crippen LogP contribution in [0, 0.1) is 0 Å². The molecule has 0 aromatic heterocycles. The maximum absolute atomic E-state index is 11.3. The number of nitrogens with one attached hydrogen (secondary N) is 1. The van der Waals surface area contributed by atoms with Gasteiger partial charge < -0.3 is 16.2 Å². The molecular formula is C9H18N2O3S. The van der Waals surface area contributed by atoms with Crippen LogP contribution < -0.4 is 11.1 Å². The lowest BCUT2D eigenvalue weighted by Crippen LogP contribution is -2.36. The van der Waals surface area contributed by atoms with Crippen molar-refractivity contribution in [2.24, 2.45) is 5.73 Å². The zero-order valence-corrected chi connectivity index (χ0v) is 9.84. The van der Waals surface area contributed by atoms with Gasteiger partial charge in [-0.05, 0) is 19.6 Å². The highest BCUT2D eigenvalue weighted by atomic mass is 32.2. The topological polar surface area (TPSA) is 92.4 Å². The molecule has 0 heterocycles. The van der Waals surface area contributed by atoms with E-state index in [4.69, 9.17) is 10.8 Å². The fraction of sp³-hybridized carbons (Fsp3) is 0.778. The zero-order valence-electron chi connectivity index (χ0n) is 9.03. The number of rotatable bonds is 7. The monoisotopic (exact) mass is 234 g/mol. The van der Waals surface area contributed by atoms with E-state index in [-0.39, 0.29) is 24.8 Å². The average Bonchev–Trinajstić information content (AvgIpc) is 2.14. The molecule has 2 atom stereocenters. The molecule has 0 fully saturated rings. The van der Waals surface area contributed by atoms with Crippen molar-refractivity contribution < 1.29 is 14.7 Å². The van der Waals surface area contributed by atoms with Gasteiger partial charge in [-0.25, -0.2) is 0 Å². The molecule has 5 nitrogen and oxygen atoms in total. The van der Waals surface area contributed by atoms with Crippen LogP contribution in [-0.2, 0) is 9.59 Å². The van der Waals surface area contributed by atoms with Gasteiger partial charge in [-0.2, -0.15) is 11.8 Å². The Hall–Kier alpha value is -0.750. The lowest BCUT2D eigenvalue weighted by Gasteiger charge is -2.12. The third-order valence-corrected chi connectivity index (χ3v) is 2.66. The van der Waals surface area contributed by atoms with Gasteiger partial charge in [-0.15, -0.1) is 0 Å². The third kappa shape index (κ3) is 7.21. The van der Waals surface area contributed by atoms with Crippen LogP contribution in [0.5, 0.6) is 0 Å². The van der Waals surface area contributed by atoms with Gasteiger partial charge in [0.05, 0.1) is 0 Å². The summed E-state index contributed by atoms with van der Waals surface area (Å²) in [6, 6.07) is -0.847. The highest BCUT2D eigenvalue weighted by Gasteiger charge is 2.14. The predicted molar refractivity (Wildman–Crippen MR) is 60.8 cm³/mol. The molecule has 6 heteroatoms. The highest BCUT2D eigenvalue weighted by molar-refractivity contribution is 7.98. The maximum atomic E-state index is 11.3. The molecular weight excluding hydrogens is 216 g/mol. The summed E-state index contributed by atoms with van der Waals surface area (Å²) in [6.07, 6.45) is 2.29. The first-order chi connectivity index (χ1) is 6.97. The number of aliphatic carboxylic acids is 1. The van der Waals surface area contributed by atoms with Gasteiger partial charge in [-0.1, -0.05) is 0 Å². The number of thioether (sulfide) groups is 1. The molecule has 0 rings (SSSR count). The molecule has 0 saturated heterocycles. The first kappa shape index (κ1) is 14.2. The molecule has 88 valence electrons. The van der Waals surface area contributed by atoms with Crippen LogP contribution in [0.15, 0.2) is 0 Å². The Labute approximate surface area is 93.8 Å². The van der Waals surface area contributed by atoms with Crippen LogP contribution in [0.2, 0.25) is 0 Å². The Morgan fingerprint density at radius 1 is 1.53 bits per heavy atom. The summed E-state index contributed by atoms with van der Waals surface area (Å²) in [7, 11) is 0. The molecule has 1 amide bonds. The fourth-order valence-electron chi connectivity index (χ4n) is 1.05. The maximum Gasteiger partial charge on any atom is 0.320 e. The number of carbonyl (C=O) groups is 2. The highest BCUT2D eigenvalue weighted by Crippen LogP contribution is 1.99. The van der Waals surface area contributed by atoms with Crippen molar-refractivity contribution in [2.45, 2.75) is 31.8 Å². The number of hydrogen-bond donors (Lipinski definition) is 3. The standard InChI is InChI=1S/C9H18N2O3S/c1-6(5-15-2)11-8(12)4-3-7(10)9(13)14/h6-7H,3-5,10H2,1-2H3,(H,11,12)(H,13,14). The lowest BCUT2D eigenvalue weighted by atomic mass is 10.1. The first-order valence-corrected chi connectivity index (χ1v) is 6.13. The van der Waals surface area contributed by atoms with Crippen molar-refractivity contribution in [3.63, 3.8) is 0 Å². The van der Waals surface area contributed by atoms with E-state index in [1.165, 1.54) is 0 Å². The average molecular weight is 234 g/mol. The molecule has 0 radical (unpaired) electrons. The predicted octanol–water partition coefficient (Wildman–Crippen LogP) is 0.0462. The molecule has 2 unspecified atom stereocenters. The van der Waals surface area contributed by atoms with Gasteiger partial charge in [0.15, 0.2) is 0 Å². The molecule has 0 aliphatic rings. The van der Waals surface area contributed by atoms with Crippen LogP contribution in [0.25, 0.3) is 0 Å². The Bertz CT molecular complexity index is 223. The number of carboxylic acid groups (broad SMARTS) is 1. The molecule has 0 bridgehead atoms. The summed E-state index contributed by atoms with van der Waals surface area (Å²) in [5.74, 6) is -0.371. The molecule has 0 aliphatic heterocycles. The molecule has 0 aromatic carbocycles. The number of hydrogen-bond acceptors (Lipinski definition) is 4. The van der Waals surface area contributed by atoms with E-state index in [2.05, 4.69) is 5.32 Å². The fourth-order valence-corrected chi connectivity index (χ4v) is 1.63. The second kappa shape index (κ2) is 7.53. The van der Waals surface area contributed by atoms with E-state index in [1.807, 2.05) is 13.2 Å². The number of amides is 1. The number of carbonyl (C=O) groups excluding carboxylic acids is 1. The van der Waals surface area contributed by atoms with E-state index in [1.54, 1.807) is 11.8 Å². The molecule has 15 heavy (non-hydrogen) atoms. The van der Waals surface area contributed by atoms with E-state index in [0.29, 0.717) is 0 Å². The van der Waals surface area contributed by atoms with Crippen molar-refractivity contribution in [1.82, 2.24) is 5.32 Å². The van der Waals surface area contributed by atoms with E-state index in [9.17, 15) is 9.59 Å². The van der Waals surface area contributed by atoms with Gasteiger partial charge >= 0.3 is 5.97 Å². The van der Waals surface area contributed by atoms with Crippen LogP contribution in [0.3, 0.4) is 0 Å². The largest absolute Gasteiger partial charge is 0.480 e. The Morgan fingerprint density at radius 3 is 2.60 bits per heavy atom. The van der Waals surface area contributed by atoms with Crippen LogP contribution in [0.1, 0.15) is 19.8 Å². The lowest BCUT2D eigenvalue weighted by molar-refractivity contribution is -0.138. The molecule has 0 spiro atoms. The van der Waals surface area contributed by atoms with E-state index in [0.717, 1.165) is 5.75 Å². The van der Waals surface area contributed by atoms with Crippen LogP contribution in [0.4, 0.5) is 0 Å². The Kier molecular flexibility index (Phi) is 7.15. The minimum absolute atomic E-state index is 0.105. The number of nitrogens with two attached hydrogens (primary N) is 1.